The van der Waals surface area contributed by atoms with Crippen LogP contribution in [-0.4, -0.2) is 38.7 Å². The third-order valence-electron chi connectivity index (χ3n) is 3.49. The maximum Gasteiger partial charge on any atom is 0.306 e. The summed E-state index contributed by atoms with van der Waals surface area (Å²) in [5, 5.41) is 20.1. The zero-order valence-corrected chi connectivity index (χ0v) is 10.5. The van der Waals surface area contributed by atoms with Gasteiger partial charge in [-0.15, -0.1) is 5.10 Å². The SMILES string of the molecule is O=C(O)C1CCCC(NCCCn2ccnn2)C1. The van der Waals surface area contributed by atoms with E-state index < -0.39 is 5.97 Å². The van der Waals surface area contributed by atoms with Crippen LogP contribution in [0.2, 0.25) is 0 Å². The van der Waals surface area contributed by atoms with Crippen LogP contribution in [0.25, 0.3) is 0 Å². The Morgan fingerprint density at radius 1 is 1.50 bits per heavy atom. The van der Waals surface area contributed by atoms with Crippen LogP contribution in [0.1, 0.15) is 32.1 Å². The number of hydrogen-bond acceptors (Lipinski definition) is 4. The van der Waals surface area contributed by atoms with Crippen molar-refractivity contribution in [3.63, 3.8) is 0 Å². The van der Waals surface area contributed by atoms with Gasteiger partial charge in [0.15, 0.2) is 0 Å². The van der Waals surface area contributed by atoms with E-state index in [1.807, 2.05) is 10.9 Å². The Balaban J connectivity index is 1.62. The minimum Gasteiger partial charge on any atom is -0.481 e. The van der Waals surface area contributed by atoms with Crippen LogP contribution in [0.3, 0.4) is 0 Å². The van der Waals surface area contributed by atoms with E-state index in [9.17, 15) is 4.79 Å². The summed E-state index contributed by atoms with van der Waals surface area (Å²) in [5.41, 5.74) is 0. The number of rotatable bonds is 6. The topological polar surface area (TPSA) is 80.0 Å². The van der Waals surface area contributed by atoms with Gasteiger partial charge in [-0.25, -0.2) is 0 Å². The van der Waals surface area contributed by atoms with E-state index in [-0.39, 0.29) is 5.92 Å². The molecule has 0 aliphatic heterocycles. The molecule has 1 heterocycles. The van der Waals surface area contributed by atoms with E-state index >= 15 is 0 Å². The molecular formula is C12H20N4O2. The number of aryl methyl sites for hydroxylation is 1. The number of aliphatic carboxylic acids is 1. The number of hydrogen-bond donors (Lipinski definition) is 2. The lowest BCUT2D eigenvalue weighted by atomic mass is 9.86. The molecule has 2 rings (SSSR count). The Kier molecular flexibility index (Phi) is 4.69. The summed E-state index contributed by atoms with van der Waals surface area (Å²) in [4.78, 5) is 10.9. The molecular weight excluding hydrogens is 232 g/mol. The van der Waals surface area contributed by atoms with Crippen LogP contribution in [0.15, 0.2) is 12.4 Å². The van der Waals surface area contributed by atoms with Crippen LogP contribution in [-0.2, 0) is 11.3 Å². The van der Waals surface area contributed by atoms with Gasteiger partial charge in [0.2, 0.25) is 0 Å². The predicted octanol–water partition coefficient (Wildman–Crippen LogP) is 0.901. The van der Waals surface area contributed by atoms with Crippen LogP contribution >= 0.6 is 0 Å². The van der Waals surface area contributed by atoms with Crippen LogP contribution in [0, 0.1) is 5.92 Å². The zero-order valence-electron chi connectivity index (χ0n) is 10.5. The third kappa shape index (κ3) is 3.80. The summed E-state index contributed by atoms with van der Waals surface area (Å²) < 4.78 is 1.81. The van der Waals surface area contributed by atoms with E-state index in [1.54, 1.807) is 6.20 Å². The Morgan fingerprint density at radius 2 is 2.39 bits per heavy atom. The molecule has 1 aliphatic carbocycles. The molecule has 2 N–H and O–H groups in total. The highest BCUT2D eigenvalue weighted by atomic mass is 16.4. The first-order chi connectivity index (χ1) is 8.75. The predicted molar refractivity (Wildman–Crippen MR) is 66.0 cm³/mol. The van der Waals surface area contributed by atoms with Gasteiger partial charge in [-0.2, -0.15) is 0 Å². The minimum atomic E-state index is -0.649. The average molecular weight is 252 g/mol. The van der Waals surface area contributed by atoms with E-state index in [0.717, 1.165) is 45.2 Å². The lowest BCUT2D eigenvalue weighted by molar-refractivity contribution is -0.143. The van der Waals surface area contributed by atoms with Crippen molar-refractivity contribution in [2.45, 2.75) is 44.7 Å². The molecule has 100 valence electrons. The van der Waals surface area contributed by atoms with Gasteiger partial charge in [-0.3, -0.25) is 9.48 Å². The molecule has 6 heteroatoms. The van der Waals surface area contributed by atoms with E-state index in [0.29, 0.717) is 6.04 Å². The second-order valence-electron chi connectivity index (χ2n) is 4.87. The first kappa shape index (κ1) is 13.0. The molecule has 2 atom stereocenters. The van der Waals surface area contributed by atoms with Crippen molar-refractivity contribution >= 4 is 5.97 Å². The van der Waals surface area contributed by atoms with Crippen LogP contribution in [0.5, 0.6) is 0 Å². The summed E-state index contributed by atoms with van der Waals surface area (Å²) in [6, 6.07) is 0.357. The number of carbonyl (C=O) groups is 1. The molecule has 0 aromatic carbocycles. The minimum absolute atomic E-state index is 0.161. The van der Waals surface area contributed by atoms with Gasteiger partial charge in [0, 0.05) is 18.8 Å². The van der Waals surface area contributed by atoms with Crippen molar-refractivity contribution in [2.75, 3.05) is 6.54 Å². The Hall–Kier alpha value is -1.43. The molecule has 2 unspecified atom stereocenters. The third-order valence-corrected chi connectivity index (χ3v) is 3.49. The molecule has 1 aromatic heterocycles. The van der Waals surface area contributed by atoms with E-state index in [2.05, 4.69) is 15.6 Å². The van der Waals surface area contributed by atoms with E-state index in [4.69, 9.17) is 5.11 Å². The molecule has 1 aliphatic rings. The maximum atomic E-state index is 10.9. The Morgan fingerprint density at radius 3 is 3.11 bits per heavy atom. The second-order valence-corrected chi connectivity index (χ2v) is 4.87. The standard InChI is InChI=1S/C12H20N4O2/c17-12(18)10-3-1-4-11(9-10)13-5-2-7-16-8-6-14-15-16/h6,8,10-11,13H,1-5,7,9H2,(H,17,18). The largest absolute Gasteiger partial charge is 0.481 e. The quantitative estimate of drug-likeness (QED) is 0.735. The fraction of sp³-hybridized carbons (Fsp3) is 0.750. The molecule has 0 radical (unpaired) electrons. The molecule has 18 heavy (non-hydrogen) atoms. The van der Waals surface area contributed by atoms with Crippen LogP contribution < -0.4 is 5.32 Å². The van der Waals surface area contributed by atoms with Gasteiger partial charge >= 0.3 is 5.97 Å². The van der Waals surface area contributed by atoms with Crippen molar-refractivity contribution < 1.29 is 9.90 Å². The number of carboxylic acid groups (broad SMARTS) is 1. The number of nitrogens with zero attached hydrogens (tertiary/aromatic N) is 3. The summed E-state index contributed by atoms with van der Waals surface area (Å²) in [5.74, 6) is -0.810. The fourth-order valence-electron chi connectivity index (χ4n) is 2.50. The molecule has 0 saturated heterocycles. The van der Waals surface area contributed by atoms with Gasteiger partial charge in [-0.05, 0) is 32.2 Å². The summed E-state index contributed by atoms with van der Waals surface area (Å²) in [6.07, 6.45) is 8.20. The van der Waals surface area contributed by atoms with Gasteiger partial charge < -0.3 is 10.4 Å². The first-order valence-corrected chi connectivity index (χ1v) is 6.56. The van der Waals surface area contributed by atoms with Gasteiger partial charge in [-0.1, -0.05) is 11.6 Å². The zero-order chi connectivity index (χ0) is 12.8. The Labute approximate surface area is 106 Å². The molecule has 0 spiro atoms. The number of carboxylic acids is 1. The molecule has 0 amide bonds. The normalized spacial score (nSPS) is 24.0. The molecule has 1 saturated carbocycles. The van der Waals surface area contributed by atoms with Gasteiger partial charge in [0.25, 0.3) is 0 Å². The highest BCUT2D eigenvalue weighted by molar-refractivity contribution is 5.70. The van der Waals surface area contributed by atoms with Gasteiger partial charge in [0.05, 0.1) is 12.1 Å². The van der Waals surface area contributed by atoms with E-state index in [1.165, 1.54) is 0 Å². The van der Waals surface area contributed by atoms with Crippen molar-refractivity contribution in [3.8, 4) is 0 Å². The summed E-state index contributed by atoms with van der Waals surface area (Å²) >= 11 is 0. The molecule has 0 bridgehead atoms. The first-order valence-electron chi connectivity index (χ1n) is 6.56. The van der Waals surface area contributed by atoms with Gasteiger partial charge in [0.1, 0.15) is 0 Å². The summed E-state index contributed by atoms with van der Waals surface area (Å²) in [6.45, 7) is 1.75. The molecule has 6 nitrogen and oxygen atoms in total. The number of aromatic nitrogens is 3. The van der Waals surface area contributed by atoms with Crippen LogP contribution in [0.4, 0.5) is 0 Å². The molecule has 1 fully saturated rings. The highest BCUT2D eigenvalue weighted by Gasteiger charge is 2.26. The van der Waals surface area contributed by atoms with Crippen molar-refractivity contribution in [1.82, 2.24) is 20.3 Å². The number of nitrogens with one attached hydrogen (secondary N) is 1. The van der Waals surface area contributed by atoms with Crippen molar-refractivity contribution in [3.05, 3.63) is 12.4 Å². The average Bonchev–Trinajstić information content (AvgIpc) is 2.88. The fourth-order valence-corrected chi connectivity index (χ4v) is 2.50. The lowest BCUT2D eigenvalue weighted by Crippen LogP contribution is -2.37. The maximum absolute atomic E-state index is 10.9. The monoisotopic (exact) mass is 252 g/mol. The second kappa shape index (κ2) is 6.49. The summed E-state index contributed by atoms with van der Waals surface area (Å²) in [7, 11) is 0. The lowest BCUT2D eigenvalue weighted by Gasteiger charge is -2.27. The highest BCUT2D eigenvalue weighted by Crippen LogP contribution is 2.24. The Bertz CT molecular complexity index is 366. The van der Waals surface area contributed by atoms with Crippen molar-refractivity contribution in [1.29, 1.82) is 0 Å². The smallest absolute Gasteiger partial charge is 0.306 e. The molecule has 1 aromatic rings. The van der Waals surface area contributed by atoms with Crippen molar-refractivity contribution in [2.24, 2.45) is 5.92 Å².